The highest BCUT2D eigenvalue weighted by Gasteiger charge is 2.03. The molecule has 2 aromatic carbocycles. The van der Waals surface area contributed by atoms with Gasteiger partial charge in [0.2, 0.25) is 0 Å². The van der Waals surface area contributed by atoms with Crippen molar-refractivity contribution in [2.24, 2.45) is 0 Å². The van der Waals surface area contributed by atoms with Crippen LogP contribution in [0.15, 0.2) is 46.9 Å². The van der Waals surface area contributed by atoms with Gasteiger partial charge in [-0.05, 0) is 58.2 Å². The molecule has 0 aliphatic carbocycles. The average Bonchev–Trinajstić information content (AvgIpc) is 2.52. The highest BCUT2D eigenvalue weighted by Crippen LogP contribution is 2.25. The van der Waals surface area contributed by atoms with Crippen molar-refractivity contribution in [1.82, 2.24) is 5.32 Å². The Morgan fingerprint density at radius 2 is 1.76 bits per heavy atom. The van der Waals surface area contributed by atoms with Crippen LogP contribution in [0.4, 0.5) is 0 Å². The van der Waals surface area contributed by atoms with E-state index in [9.17, 15) is 0 Å². The Morgan fingerprint density at radius 3 is 2.48 bits per heavy atom. The quantitative estimate of drug-likeness (QED) is 0.771. The van der Waals surface area contributed by atoms with Gasteiger partial charge in [0.25, 0.3) is 0 Å². The van der Waals surface area contributed by atoms with Gasteiger partial charge >= 0.3 is 0 Å². The molecule has 0 aliphatic rings. The van der Waals surface area contributed by atoms with E-state index < -0.39 is 0 Å². The molecule has 0 amide bonds. The van der Waals surface area contributed by atoms with E-state index in [1.807, 2.05) is 24.3 Å². The fourth-order valence-electron chi connectivity index (χ4n) is 2.19. The maximum absolute atomic E-state index is 5.35. The first-order chi connectivity index (χ1) is 10.2. The fourth-order valence-corrected chi connectivity index (χ4v) is 2.77. The lowest BCUT2D eigenvalue weighted by Crippen LogP contribution is -2.17. The van der Waals surface area contributed by atoms with Crippen molar-refractivity contribution >= 4 is 15.9 Å². The van der Waals surface area contributed by atoms with Crippen LogP contribution in [0.5, 0.6) is 11.5 Å². The fraction of sp³-hybridized carbons (Fsp3) is 0.294. The molecule has 0 fully saturated rings. The first kappa shape index (κ1) is 15.9. The predicted molar refractivity (Wildman–Crippen MR) is 89.1 cm³/mol. The summed E-state index contributed by atoms with van der Waals surface area (Å²) < 4.78 is 11.6. The van der Waals surface area contributed by atoms with Gasteiger partial charge in [-0.15, -0.1) is 0 Å². The lowest BCUT2D eigenvalue weighted by atomic mass is 10.1. The largest absolute Gasteiger partial charge is 0.496 e. The van der Waals surface area contributed by atoms with Crippen molar-refractivity contribution in [2.75, 3.05) is 20.8 Å². The van der Waals surface area contributed by atoms with Crippen LogP contribution >= 0.6 is 15.9 Å². The molecule has 0 aliphatic heterocycles. The molecule has 0 heterocycles. The zero-order valence-corrected chi connectivity index (χ0v) is 13.9. The summed E-state index contributed by atoms with van der Waals surface area (Å²) in [6, 6.07) is 14.2. The smallest absolute Gasteiger partial charge is 0.133 e. The summed E-state index contributed by atoms with van der Waals surface area (Å²) >= 11 is 3.50. The van der Waals surface area contributed by atoms with Crippen molar-refractivity contribution in [2.45, 2.75) is 13.0 Å². The molecule has 21 heavy (non-hydrogen) atoms. The number of halogens is 1. The molecule has 0 saturated heterocycles. The summed E-state index contributed by atoms with van der Waals surface area (Å²) in [6.45, 7) is 1.74. The summed E-state index contributed by atoms with van der Waals surface area (Å²) in [6.07, 6.45) is 0.946. The third kappa shape index (κ3) is 4.48. The van der Waals surface area contributed by atoms with E-state index in [2.05, 4.69) is 39.4 Å². The van der Waals surface area contributed by atoms with E-state index in [1.54, 1.807) is 14.2 Å². The number of benzene rings is 2. The third-order valence-corrected chi connectivity index (χ3v) is 3.93. The summed E-state index contributed by atoms with van der Waals surface area (Å²) in [4.78, 5) is 0. The standard InChI is InChI=1S/C17H20BrNO2/c1-20-16-6-4-3-5-14(16)9-10-19-12-13-7-8-17(21-2)15(18)11-13/h3-8,11,19H,9-10,12H2,1-2H3. The van der Waals surface area contributed by atoms with Gasteiger partial charge in [-0.2, -0.15) is 0 Å². The van der Waals surface area contributed by atoms with Crippen molar-refractivity contribution in [3.05, 3.63) is 58.1 Å². The van der Waals surface area contributed by atoms with Crippen molar-refractivity contribution in [3.8, 4) is 11.5 Å². The molecule has 3 nitrogen and oxygen atoms in total. The molecule has 0 unspecified atom stereocenters. The van der Waals surface area contributed by atoms with Gasteiger partial charge in [0.15, 0.2) is 0 Å². The molecule has 112 valence electrons. The second kappa shape index (κ2) is 8.05. The molecule has 1 N–H and O–H groups in total. The van der Waals surface area contributed by atoms with E-state index in [0.29, 0.717) is 0 Å². The number of hydrogen-bond donors (Lipinski definition) is 1. The molecular formula is C17H20BrNO2. The molecule has 0 radical (unpaired) electrons. The Hall–Kier alpha value is -1.52. The molecule has 0 spiro atoms. The molecule has 2 aromatic rings. The van der Waals surface area contributed by atoms with Gasteiger partial charge < -0.3 is 14.8 Å². The normalized spacial score (nSPS) is 10.4. The van der Waals surface area contributed by atoms with Crippen molar-refractivity contribution in [3.63, 3.8) is 0 Å². The topological polar surface area (TPSA) is 30.5 Å². The maximum atomic E-state index is 5.35. The molecule has 0 aromatic heterocycles. The zero-order valence-electron chi connectivity index (χ0n) is 12.4. The Morgan fingerprint density at radius 1 is 1.00 bits per heavy atom. The Bertz CT molecular complexity index is 587. The van der Waals surface area contributed by atoms with Crippen molar-refractivity contribution in [1.29, 1.82) is 0 Å². The second-order valence-corrected chi connectivity index (χ2v) is 5.56. The number of hydrogen-bond acceptors (Lipinski definition) is 3. The minimum Gasteiger partial charge on any atom is -0.496 e. The first-order valence-corrected chi connectivity index (χ1v) is 7.69. The number of nitrogens with one attached hydrogen (secondary N) is 1. The van der Waals surface area contributed by atoms with Gasteiger partial charge in [-0.1, -0.05) is 24.3 Å². The van der Waals surface area contributed by atoms with E-state index >= 15 is 0 Å². The minimum atomic E-state index is 0.831. The monoisotopic (exact) mass is 349 g/mol. The highest BCUT2D eigenvalue weighted by molar-refractivity contribution is 9.10. The van der Waals surface area contributed by atoms with Crippen molar-refractivity contribution < 1.29 is 9.47 Å². The minimum absolute atomic E-state index is 0.831. The predicted octanol–water partition coefficient (Wildman–Crippen LogP) is 3.80. The summed E-state index contributed by atoms with van der Waals surface area (Å²) in [5.74, 6) is 1.80. The average molecular weight is 350 g/mol. The Balaban J connectivity index is 1.83. The van der Waals surface area contributed by atoms with Crippen LogP contribution in [0.1, 0.15) is 11.1 Å². The van der Waals surface area contributed by atoms with E-state index in [0.717, 1.165) is 35.5 Å². The zero-order chi connectivity index (χ0) is 15.1. The lowest BCUT2D eigenvalue weighted by Gasteiger charge is -2.10. The van der Waals surface area contributed by atoms with E-state index in [4.69, 9.17) is 9.47 Å². The highest BCUT2D eigenvalue weighted by atomic mass is 79.9. The molecule has 4 heteroatoms. The number of rotatable bonds is 7. The van der Waals surface area contributed by atoms with E-state index in [-0.39, 0.29) is 0 Å². The summed E-state index contributed by atoms with van der Waals surface area (Å²) in [5.41, 5.74) is 2.45. The van der Waals surface area contributed by atoms with Gasteiger partial charge in [0.05, 0.1) is 18.7 Å². The Labute approximate surface area is 134 Å². The van der Waals surface area contributed by atoms with Crippen LogP contribution in [0.2, 0.25) is 0 Å². The summed E-state index contributed by atoms with van der Waals surface area (Å²) in [7, 11) is 3.38. The molecule has 0 saturated carbocycles. The number of para-hydroxylation sites is 1. The van der Waals surface area contributed by atoms with Crippen LogP contribution in [-0.2, 0) is 13.0 Å². The van der Waals surface area contributed by atoms with E-state index in [1.165, 1.54) is 11.1 Å². The van der Waals surface area contributed by atoms with Gasteiger partial charge in [-0.25, -0.2) is 0 Å². The SMILES string of the molecule is COc1ccc(CNCCc2ccccc2OC)cc1Br. The first-order valence-electron chi connectivity index (χ1n) is 6.89. The van der Waals surface area contributed by atoms with Crippen LogP contribution in [-0.4, -0.2) is 20.8 Å². The Kier molecular flexibility index (Phi) is 6.08. The van der Waals surface area contributed by atoms with Crippen LogP contribution in [0.25, 0.3) is 0 Å². The van der Waals surface area contributed by atoms with Crippen LogP contribution in [0, 0.1) is 0 Å². The second-order valence-electron chi connectivity index (χ2n) is 4.71. The lowest BCUT2D eigenvalue weighted by molar-refractivity contribution is 0.409. The molecule has 0 atom stereocenters. The summed E-state index contributed by atoms with van der Waals surface area (Å²) in [5, 5.41) is 3.45. The van der Waals surface area contributed by atoms with Gasteiger partial charge in [0, 0.05) is 6.54 Å². The third-order valence-electron chi connectivity index (χ3n) is 3.31. The van der Waals surface area contributed by atoms with Gasteiger partial charge in [-0.3, -0.25) is 0 Å². The van der Waals surface area contributed by atoms with Gasteiger partial charge in [0.1, 0.15) is 11.5 Å². The molecule has 0 bridgehead atoms. The van der Waals surface area contributed by atoms with Crippen LogP contribution in [0.3, 0.4) is 0 Å². The molecule has 2 rings (SSSR count). The number of ether oxygens (including phenoxy) is 2. The molecular weight excluding hydrogens is 330 g/mol. The maximum Gasteiger partial charge on any atom is 0.133 e. The number of methoxy groups -OCH3 is 2. The van der Waals surface area contributed by atoms with Crippen LogP contribution < -0.4 is 14.8 Å².